The number of hydrogen-bond donors (Lipinski definition) is 3. The Balaban J connectivity index is 0.00000165. The Bertz CT molecular complexity index is 540. The van der Waals surface area contributed by atoms with Gasteiger partial charge in [0.1, 0.15) is 0 Å². The van der Waals surface area contributed by atoms with Gasteiger partial charge < -0.3 is 15.9 Å². The molecule has 1 aromatic rings. The molecule has 0 spiro atoms. The second-order valence-corrected chi connectivity index (χ2v) is 10.2. The number of hydrogen-bond acceptors (Lipinski definition) is 4. The van der Waals surface area contributed by atoms with Gasteiger partial charge in [-0.1, -0.05) is 84.1 Å². The summed E-state index contributed by atoms with van der Waals surface area (Å²) in [5.74, 6) is 0.674. The van der Waals surface area contributed by atoms with Crippen LogP contribution in [0.3, 0.4) is 0 Å². The van der Waals surface area contributed by atoms with Gasteiger partial charge in [-0.05, 0) is 30.0 Å². The number of nitrogens with two attached hydrogens (primary N) is 1. The molecule has 28 heavy (non-hydrogen) atoms. The minimum atomic E-state index is -1.67. The third-order valence-corrected chi connectivity index (χ3v) is 4.72. The number of rotatable bonds is 13. The van der Waals surface area contributed by atoms with Gasteiger partial charge in [0.2, 0.25) is 9.23 Å². The molecule has 0 aromatic heterocycles. The Labute approximate surface area is 182 Å². The van der Waals surface area contributed by atoms with Crippen molar-refractivity contribution in [2.24, 2.45) is 11.7 Å². The molecule has 0 aliphatic rings. The van der Waals surface area contributed by atoms with Crippen molar-refractivity contribution < 1.29 is 14.4 Å². The first kappa shape index (κ1) is 27.5. The van der Waals surface area contributed by atoms with Crippen LogP contribution in [-0.4, -0.2) is 14.4 Å². The zero-order valence-electron chi connectivity index (χ0n) is 17.2. The lowest BCUT2D eigenvalue weighted by Gasteiger charge is -2.12. The van der Waals surface area contributed by atoms with Gasteiger partial charge in [-0.15, -0.1) is 0 Å². The number of halogens is 2. The molecule has 164 valence electrons. The van der Waals surface area contributed by atoms with E-state index in [9.17, 15) is 10.2 Å². The molecule has 1 atom stereocenters. The van der Waals surface area contributed by atoms with E-state index in [1.54, 1.807) is 12.1 Å². The highest BCUT2D eigenvalue weighted by atomic mass is 36.0. The summed E-state index contributed by atoms with van der Waals surface area (Å²) in [5.41, 5.74) is 7.05. The smallest absolute Gasteiger partial charge is 0.211 e. The molecule has 0 saturated carbocycles. The monoisotopic (exact) mass is 453 g/mol. The molecule has 0 bridgehead atoms. The van der Waals surface area contributed by atoms with E-state index in [-0.39, 0.29) is 17.5 Å². The van der Waals surface area contributed by atoms with E-state index < -0.39 is 9.23 Å². The zero-order valence-corrected chi connectivity index (χ0v) is 19.5. The summed E-state index contributed by atoms with van der Waals surface area (Å²) in [6.45, 7) is 4.60. The average Bonchev–Trinajstić information content (AvgIpc) is 2.61. The topological polar surface area (TPSA) is 83.6 Å². The summed E-state index contributed by atoms with van der Waals surface area (Å²) in [5, 5.41) is 18.8. The SMILES string of the molecule is CC(C)CCCCCCCCCCCC(N)c1ccc(O)c(O)c1.O=S(Cl)Cl. The summed E-state index contributed by atoms with van der Waals surface area (Å²) < 4.78 is 9.09. The summed E-state index contributed by atoms with van der Waals surface area (Å²) in [6.07, 6.45) is 14.2. The van der Waals surface area contributed by atoms with E-state index in [0.717, 1.165) is 24.3 Å². The highest BCUT2D eigenvalue weighted by Crippen LogP contribution is 2.28. The molecule has 4 N–H and O–H groups in total. The van der Waals surface area contributed by atoms with E-state index in [1.807, 2.05) is 0 Å². The number of phenolic OH excluding ortho intramolecular Hbond substituents is 2. The molecule has 1 rings (SSSR count). The first-order valence-electron chi connectivity index (χ1n) is 10.3. The minimum Gasteiger partial charge on any atom is -0.504 e. The first-order valence-corrected chi connectivity index (χ1v) is 13.1. The molecule has 0 aliphatic carbocycles. The van der Waals surface area contributed by atoms with Crippen LogP contribution in [0.5, 0.6) is 11.5 Å². The molecule has 0 aliphatic heterocycles. The van der Waals surface area contributed by atoms with Crippen LogP contribution >= 0.6 is 21.4 Å². The molecule has 1 unspecified atom stereocenters. The Morgan fingerprint density at radius 2 is 1.29 bits per heavy atom. The van der Waals surface area contributed by atoms with E-state index in [1.165, 1.54) is 63.9 Å². The van der Waals surface area contributed by atoms with E-state index in [4.69, 9.17) is 9.94 Å². The quantitative estimate of drug-likeness (QED) is 0.169. The van der Waals surface area contributed by atoms with Crippen LogP contribution in [-0.2, 0) is 9.23 Å². The van der Waals surface area contributed by atoms with Gasteiger partial charge in [0.15, 0.2) is 11.5 Å². The molecule has 0 amide bonds. The molecule has 4 nitrogen and oxygen atoms in total. The van der Waals surface area contributed by atoms with Crippen molar-refractivity contribution in [1.29, 1.82) is 0 Å². The number of unbranched alkanes of at least 4 members (excludes halogenated alkanes) is 8. The molecule has 0 saturated heterocycles. The van der Waals surface area contributed by atoms with Gasteiger partial charge >= 0.3 is 0 Å². The fourth-order valence-electron chi connectivity index (χ4n) is 3.09. The third-order valence-electron chi connectivity index (χ3n) is 4.72. The van der Waals surface area contributed by atoms with Crippen molar-refractivity contribution in [3.63, 3.8) is 0 Å². The maximum absolute atomic E-state index is 9.52. The van der Waals surface area contributed by atoms with Crippen LogP contribution in [0.4, 0.5) is 0 Å². The Kier molecular flexibility index (Phi) is 17.1. The Hall–Kier alpha value is -0.490. The molecular weight excluding hydrogens is 417 g/mol. The maximum atomic E-state index is 9.52. The van der Waals surface area contributed by atoms with Crippen LogP contribution < -0.4 is 5.73 Å². The van der Waals surface area contributed by atoms with Crippen LogP contribution in [0.15, 0.2) is 18.2 Å². The van der Waals surface area contributed by atoms with Gasteiger partial charge in [-0.2, -0.15) is 0 Å². The normalized spacial score (nSPS) is 12.1. The van der Waals surface area contributed by atoms with Crippen LogP contribution in [0, 0.1) is 5.92 Å². The van der Waals surface area contributed by atoms with Gasteiger partial charge in [-0.25, -0.2) is 4.21 Å². The van der Waals surface area contributed by atoms with Gasteiger partial charge in [0.25, 0.3) is 0 Å². The Morgan fingerprint density at radius 1 is 0.857 bits per heavy atom. The summed E-state index contributed by atoms with van der Waals surface area (Å²) >= 11 is 0. The second-order valence-electron chi connectivity index (χ2n) is 7.69. The number of benzene rings is 1. The van der Waals surface area contributed by atoms with Crippen LogP contribution in [0.2, 0.25) is 0 Å². The Morgan fingerprint density at radius 3 is 1.71 bits per heavy atom. The van der Waals surface area contributed by atoms with Gasteiger partial charge in [-0.3, -0.25) is 0 Å². The predicted molar refractivity (Wildman–Crippen MR) is 122 cm³/mol. The predicted octanol–water partition coefficient (Wildman–Crippen LogP) is 7.09. The molecule has 7 heteroatoms. The second kappa shape index (κ2) is 17.4. The van der Waals surface area contributed by atoms with Crippen molar-refractivity contribution in [2.75, 3.05) is 0 Å². The van der Waals surface area contributed by atoms with Gasteiger partial charge in [0, 0.05) is 27.4 Å². The first-order chi connectivity index (χ1) is 13.2. The molecule has 0 heterocycles. The molecule has 0 radical (unpaired) electrons. The van der Waals surface area contributed by atoms with Crippen LogP contribution in [0.25, 0.3) is 0 Å². The lowest BCUT2D eigenvalue weighted by Crippen LogP contribution is -2.09. The van der Waals surface area contributed by atoms with Crippen molar-refractivity contribution in [2.45, 2.75) is 90.5 Å². The minimum absolute atomic E-state index is 0.0579. The van der Waals surface area contributed by atoms with E-state index >= 15 is 0 Å². The highest BCUT2D eigenvalue weighted by Gasteiger charge is 2.08. The summed E-state index contributed by atoms with van der Waals surface area (Å²) in [6, 6.07) is 4.81. The average molecular weight is 455 g/mol. The highest BCUT2D eigenvalue weighted by molar-refractivity contribution is 8.26. The zero-order chi connectivity index (χ0) is 21.4. The molecular formula is C21H37Cl2NO3S. The fourth-order valence-corrected chi connectivity index (χ4v) is 3.09. The largest absolute Gasteiger partial charge is 0.504 e. The molecule has 1 aromatic carbocycles. The van der Waals surface area contributed by atoms with Crippen molar-refractivity contribution in [3.8, 4) is 11.5 Å². The van der Waals surface area contributed by atoms with E-state index in [2.05, 4.69) is 35.2 Å². The van der Waals surface area contributed by atoms with Crippen LogP contribution in [0.1, 0.15) is 96.1 Å². The molecule has 0 fully saturated rings. The van der Waals surface area contributed by atoms with E-state index in [0.29, 0.717) is 0 Å². The third kappa shape index (κ3) is 16.5. The number of aromatic hydroxyl groups is 2. The standard InChI is InChI=1S/C21H37NO2.Cl2OS/c1-17(2)12-10-8-6-4-3-5-7-9-11-13-19(22)18-14-15-20(23)21(24)16-18;1-4(2)3/h14-17,19,23-24H,3-13,22H2,1-2H3;. The van der Waals surface area contributed by atoms with Crippen molar-refractivity contribution >= 4 is 30.6 Å². The number of phenols is 2. The summed E-state index contributed by atoms with van der Waals surface area (Å²) in [4.78, 5) is 0. The maximum Gasteiger partial charge on any atom is 0.211 e. The lowest BCUT2D eigenvalue weighted by atomic mass is 9.99. The summed E-state index contributed by atoms with van der Waals surface area (Å²) in [7, 11) is 7.36. The lowest BCUT2D eigenvalue weighted by molar-refractivity contribution is 0.402. The van der Waals surface area contributed by atoms with Gasteiger partial charge in [0.05, 0.1) is 0 Å². The van der Waals surface area contributed by atoms with Crippen molar-refractivity contribution in [3.05, 3.63) is 23.8 Å². The fraction of sp³-hybridized carbons (Fsp3) is 0.714. The van der Waals surface area contributed by atoms with Crippen molar-refractivity contribution in [1.82, 2.24) is 0 Å².